The van der Waals surface area contributed by atoms with Crippen LogP contribution in [0.4, 0.5) is 13.2 Å². The van der Waals surface area contributed by atoms with E-state index in [1.807, 2.05) is 6.08 Å². The molecule has 0 aliphatic heterocycles. The summed E-state index contributed by atoms with van der Waals surface area (Å²) in [6.45, 7) is 0.770. The summed E-state index contributed by atoms with van der Waals surface area (Å²) in [5, 5.41) is 8.39. The molecule has 5 heteroatoms. The number of hydrogen-bond donors (Lipinski definition) is 0. The Balaban J connectivity index is 1.35. The molecule has 0 heterocycles. The summed E-state index contributed by atoms with van der Waals surface area (Å²) in [5.74, 6) is -1.05. The third kappa shape index (κ3) is 6.47. The Hall–Kier alpha value is -2.06. The summed E-state index contributed by atoms with van der Waals surface area (Å²) in [7, 11) is 0. The van der Waals surface area contributed by atoms with E-state index in [0.717, 1.165) is 63.5 Å². The molecular weight excluding hydrogens is 375 g/mol. The average Bonchev–Trinajstić information content (AvgIpc) is 2.75. The van der Waals surface area contributed by atoms with E-state index in [1.54, 1.807) is 12.1 Å². The Morgan fingerprint density at radius 2 is 1.76 bits per heavy atom. The van der Waals surface area contributed by atoms with E-state index in [1.165, 1.54) is 24.3 Å². The number of nitrogens with zero attached hydrogens (tertiary/aromatic N) is 1. The van der Waals surface area contributed by atoms with Gasteiger partial charge in [0.2, 0.25) is 0 Å². The van der Waals surface area contributed by atoms with Crippen LogP contribution in [0.3, 0.4) is 0 Å². The topological polar surface area (TPSA) is 33.0 Å². The van der Waals surface area contributed by atoms with Crippen molar-refractivity contribution in [1.29, 1.82) is 5.26 Å². The predicted octanol–water partition coefficient (Wildman–Crippen LogP) is 6.75. The first-order valence-corrected chi connectivity index (χ1v) is 10.6. The van der Waals surface area contributed by atoms with Gasteiger partial charge in [-0.25, -0.2) is 8.78 Å². The van der Waals surface area contributed by atoms with Crippen molar-refractivity contribution < 1.29 is 17.9 Å². The molecule has 0 bridgehead atoms. The largest absolute Gasteiger partial charge is 0.378 e. The third-order valence-electron chi connectivity index (χ3n) is 6.28. The van der Waals surface area contributed by atoms with Gasteiger partial charge in [0.05, 0.1) is 6.10 Å². The molecule has 0 aromatic heterocycles. The highest BCUT2D eigenvalue weighted by atomic mass is 19.2. The monoisotopic (exact) mass is 403 g/mol. The molecule has 0 atom stereocenters. The Morgan fingerprint density at radius 1 is 1.03 bits per heavy atom. The minimum absolute atomic E-state index is 0.287. The molecule has 2 aliphatic rings. The van der Waals surface area contributed by atoms with E-state index in [0.29, 0.717) is 17.8 Å². The smallest absolute Gasteiger partial charge is 0.199 e. The summed E-state index contributed by atoms with van der Waals surface area (Å²) in [4.78, 5) is 0. The van der Waals surface area contributed by atoms with Crippen molar-refractivity contribution in [3.05, 3.63) is 59.5 Å². The van der Waals surface area contributed by atoms with Crippen molar-refractivity contribution in [3.63, 3.8) is 0 Å². The number of hydrogen-bond acceptors (Lipinski definition) is 2. The maximum absolute atomic E-state index is 13.5. The van der Waals surface area contributed by atoms with E-state index < -0.39 is 17.5 Å². The number of nitriles is 1. The molecular formula is C24H28F3NO. The summed E-state index contributed by atoms with van der Waals surface area (Å²) < 4.78 is 45.5. The lowest BCUT2D eigenvalue weighted by molar-refractivity contribution is -0.00457. The second-order valence-electron chi connectivity index (χ2n) is 8.27. The van der Waals surface area contributed by atoms with Crippen LogP contribution >= 0.6 is 0 Å². The van der Waals surface area contributed by atoms with Crippen LogP contribution in [0, 0.1) is 34.8 Å². The number of allylic oxidation sites excluding steroid dienone is 4. The summed E-state index contributed by atoms with van der Waals surface area (Å²) >= 11 is 0. The fourth-order valence-corrected chi connectivity index (χ4v) is 4.48. The first-order valence-electron chi connectivity index (χ1n) is 10.6. The zero-order chi connectivity index (χ0) is 20.6. The van der Waals surface area contributed by atoms with Gasteiger partial charge in [-0.1, -0.05) is 18.2 Å². The predicted molar refractivity (Wildman–Crippen MR) is 107 cm³/mol. The van der Waals surface area contributed by atoms with Gasteiger partial charge >= 0.3 is 0 Å². The maximum Gasteiger partial charge on any atom is 0.199 e. The van der Waals surface area contributed by atoms with E-state index in [2.05, 4.69) is 0 Å². The molecule has 0 unspecified atom stereocenters. The van der Waals surface area contributed by atoms with Gasteiger partial charge < -0.3 is 4.74 Å². The first kappa shape index (κ1) is 21.6. The first-order chi connectivity index (χ1) is 14.0. The molecule has 0 spiro atoms. The minimum Gasteiger partial charge on any atom is -0.378 e. The van der Waals surface area contributed by atoms with Crippen molar-refractivity contribution in [2.45, 2.75) is 63.4 Å². The molecule has 156 valence electrons. The van der Waals surface area contributed by atoms with E-state index >= 15 is 0 Å². The fourth-order valence-electron chi connectivity index (χ4n) is 4.48. The van der Waals surface area contributed by atoms with Crippen molar-refractivity contribution >= 4 is 0 Å². The van der Waals surface area contributed by atoms with Gasteiger partial charge in [0.25, 0.3) is 0 Å². The lowest BCUT2D eigenvalue weighted by Gasteiger charge is -2.32. The summed E-state index contributed by atoms with van der Waals surface area (Å²) in [6.07, 6.45) is 13.2. The average molecular weight is 403 g/mol. The van der Waals surface area contributed by atoms with Gasteiger partial charge in [-0.15, -0.1) is 0 Å². The van der Waals surface area contributed by atoms with Gasteiger partial charge in [-0.05, 0) is 92.9 Å². The van der Waals surface area contributed by atoms with Crippen LogP contribution in [0.5, 0.6) is 0 Å². The molecule has 2 saturated carbocycles. The molecule has 2 aliphatic carbocycles. The molecule has 0 amide bonds. The van der Waals surface area contributed by atoms with Crippen LogP contribution in [-0.4, -0.2) is 12.7 Å². The Morgan fingerprint density at radius 3 is 2.41 bits per heavy atom. The molecule has 3 rings (SSSR count). The van der Waals surface area contributed by atoms with E-state index in [9.17, 15) is 13.2 Å². The zero-order valence-electron chi connectivity index (χ0n) is 16.6. The van der Waals surface area contributed by atoms with Crippen LogP contribution in [0.2, 0.25) is 0 Å². The summed E-state index contributed by atoms with van der Waals surface area (Å²) in [5.41, 5.74) is 0.902. The summed E-state index contributed by atoms with van der Waals surface area (Å²) in [6, 6.07) is 5.74. The Bertz CT molecular complexity index is 767. The fraction of sp³-hybridized carbons (Fsp3) is 0.542. The van der Waals surface area contributed by atoms with Crippen LogP contribution in [0.15, 0.2) is 42.3 Å². The van der Waals surface area contributed by atoms with Gasteiger partial charge in [0.15, 0.2) is 17.5 Å². The van der Waals surface area contributed by atoms with Crippen molar-refractivity contribution in [2.75, 3.05) is 6.61 Å². The van der Waals surface area contributed by atoms with Gasteiger partial charge in [0, 0.05) is 6.61 Å². The van der Waals surface area contributed by atoms with Gasteiger partial charge in [-0.2, -0.15) is 9.65 Å². The lowest BCUT2D eigenvalue weighted by atomic mass is 9.79. The molecule has 29 heavy (non-hydrogen) atoms. The number of ether oxygens (including phenoxy) is 1. The standard InChI is InChI=1S/C24H28F3NO/c25-21(15-28)3-1-2-17-6-11-22(12-7-17)29-16-18-4-8-19(9-5-18)20-10-13-23(26)24(27)14-20/h1-3,10,13-14,17-19,22H,4-9,11-12,16H2/b2-1+,21-3-. The molecule has 0 radical (unpaired) electrons. The molecule has 0 saturated heterocycles. The molecule has 2 nitrogen and oxygen atoms in total. The molecule has 1 aromatic rings. The van der Waals surface area contributed by atoms with Crippen molar-refractivity contribution in [3.8, 4) is 6.07 Å². The highest BCUT2D eigenvalue weighted by molar-refractivity contribution is 5.22. The van der Waals surface area contributed by atoms with Crippen molar-refractivity contribution in [2.24, 2.45) is 11.8 Å². The third-order valence-corrected chi connectivity index (χ3v) is 6.28. The maximum atomic E-state index is 13.5. The molecule has 0 N–H and O–H groups in total. The van der Waals surface area contributed by atoms with Crippen LogP contribution in [0.1, 0.15) is 62.8 Å². The highest BCUT2D eigenvalue weighted by Crippen LogP contribution is 2.37. The van der Waals surface area contributed by atoms with Crippen LogP contribution < -0.4 is 0 Å². The number of halogens is 3. The van der Waals surface area contributed by atoms with Crippen LogP contribution in [0.25, 0.3) is 0 Å². The SMILES string of the molecule is N#C/C(F)=C/C=C/C1CCC(OCC2CCC(c3ccc(F)c(F)c3)CC2)CC1. The molecule has 2 fully saturated rings. The Labute approximate surface area is 171 Å². The quantitative estimate of drug-likeness (QED) is 0.389. The lowest BCUT2D eigenvalue weighted by Crippen LogP contribution is -2.25. The van der Waals surface area contributed by atoms with Gasteiger partial charge in [-0.3, -0.25) is 0 Å². The van der Waals surface area contributed by atoms with Crippen molar-refractivity contribution in [1.82, 2.24) is 0 Å². The second-order valence-corrected chi connectivity index (χ2v) is 8.27. The number of benzene rings is 1. The highest BCUT2D eigenvalue weighted by Gasteiger charge is 2.25. The van der Waals surface area contributed by atoms with Gasteiger partial charge in [0.1, 0.15) is 6.07 Å². The minimum atomic E-state index is -0.785. The normalized spacial score (nSPS) is 28.4. The second kappa shape index (κ2) is 10.6. The number of rotatable bonds is 6. The van der Waals surface area contributed by atoms with Crippen LogP contribution in [-0.2, 0) is 4.74 Å². The van der Waals surface area contributed by atoms with E-state index in [-0.39, 0.29) is 6.10 Å². The molecule has 1 aromatic carbocycles. The zero-order valence-corrected chi connectivity index (χ0v) is 16.6. The Kier molecular flexibility index (Phi) is 7.94. The van der Waals surface area contributed by atoms with E-state index in [4.69, 9.17) is 10.00 Å².